The van der Waals surface area contributed by atoms with Crippen LogP contribution in [-0.2, 0) is 16.9 Å². The van der Waals surface area contributed by atoms with Crippen LogP contribution in [0.15, 0.2) is 59.1 Å². The summed E-state index contributed by atoms with van der Waals surface area (Å²) in [6.45, 7) is 3.88. The Labute approximate surface area is 204 Å². The molecule has 0 aromatic heterocycles. The number of rotatable bonds is 5. The molecule has 1 heterocycles. The van der Waals surface area contributed by atoms with Crippen molar-refractivity contribution >= 4 is 56.5 Å². The molecule has 0 aliphatic carbocycles. The zero-order chi connectivity index (χ0) is 23.2. The van der Waals surface area contributed by atoms with Crippen molar-refractivity contribution in [2.24, 2.45) is 0 Å². The second-order valence-corrected chi connectivity index (χ2v) is 9.83. The fourth-order valence-corrected chi connectivity index (χ4v) is 4.86. The minimum absolute atomic E-state index is 0.142. The van der Waals surface area contributed by atoms with Gasteiger partial charge in [-0.25, -0.2) is 0 Å². The largest absolute Gasteiger partial charge is 0.375 e. The number of ketones is 1. The third-order valence-corrected chi connectivity index (χ3v) is 6.83. The molecule has 0 spiro atoms. The number of Topliss-reactive ketones (excluding diaryl/α,β-unsaturated/α-hetero) is 1. The molecule has 1 unspecified atom stereocenters. The first-order valence-corrected chi connectivity index (χ1v) is 11.5. The number of aryl methyl sites for hydroxylation is 2. The van der Waals surface area contributed by atoms with E-state index in [4.69, 9.17) is 23.2 Å². The number of nitrogens with zero attached hydrogens (tertiary/aromatic N) is 1. The Kier molecular flexibility index (Phi) is 6.21. The molecule has 0 saturated carbocycles. The van der Waals surface area contributed by atoms with Crippen LogP contribution in [-0.4, -0.2) is 16.8 Å². The smallest absolute Gasteiger partial charge is 0.264 e. The number of halogens is 3. The molecule has 0 fully saturated rings. The lowest BCUT2D eigenvalue weighted by molar-refractivity contribution is -0.136. The van der Waals surface area contributed by atoms with Crippen molar-refractivity contribution in [3.05, 3.63) is 96.9 Å². The Bertz CT molecular complexity index is 1260. The standard InChI is InChI=1S/C25H20BrCl2NO3/c1-14-3-4-15(2)19(9-14)23(30)12-25(32)20-10-17(26)6-8-22(20)29(24(25)31)13-16-5-7-18(27)11-21(16)28/h3-11,32H,12-13H2,1-2H3. The average Bonchev–Trinajstić information content (AvgIpc) is 2.93. The average molecular weight is 533 g/mol. The summed E-state index contributed by atoms with van der Waals surface area (Å²) in [7, 11) is 0. The second kappa shape index (κ2) is 8.64. The Morgan fingerprint density at radius 2 is 1.81 bits per heavy atom. The van der Waals surface area contributed by atoms with E-state index in [1.165, 1.54) is 4.90 Å². The van der Waals surface area contributed by atoms with Gasteiger partial charge in [-0.15, -0.1) is 0 Å². The van der Waals surface area contributed by atoms with Gasteiger partial charge in [0.15, 0.2) is 11.4 Å². The zero-order valence-electron chi connectivity index (χ0n) is 17.5. The summed E-state index contributed by atoms with van der Waals surface area (Å²) < 4.78 is 0.702. The molecule has 0 saturated heterocycles. The number of aliphatic hydroxyl groups is 1. The number of fused-ring (bicyclic) bond motifs is 1. The number of carbonyl (C=O) groups excluding carboxylic acids is 2. The van der Waals surface area contributed by atoms with Gasteiger partial charge in [0, 0.05) is 25.6 Å². The molecule has 32 heavy (non-hydrogen) atoms. The van der Waals surface area contributed by atoms with Crippen molar-refractivity contribution in [3.8, 4) is 0 Å². The molecule has 1 aliphatic rings. The van der Waals surface area contributed by atoms with Crippen molar-refractivity contribution in [3.63, 3.8) is 0 Å². The molecule has 0 bridgehead atoms. The van der Waals surface area contributed by atoms with Gasteiger partial charge in [0.2, 0.25) is 0 Å². The van der Waals surface area contributed by atoms with E-state index in [1.54, 1.807) is 42.5 Å². The van der Waals surface area contributed by atoms with Gasteiger partial charge in [0.25, 0.3) is 5.91 Å². The molecule has 1 atom stereocenters. The number of carbonyl (C=O) groups is 2. The fraction of sp³-hybridized carbons (Fsp3) is 0.200. The maximum absolute atomic E-state index is 13.5. The van der Waals surface area contributed by atoms with Gasteiger partial charge in [0.05, 0.1) is 18.7 Å². The molecule has 4 nitrogen and oxygen atoms in total. The summed E-state index contributed by atoms with van der Waals surface area (Å²) in [5.41, 5.74) is 1.87. The highest BCUT2D eigenvalue weighted by molar-refractivity contribution is 9.10. The van der Waals surface area contributed by atoms with E-state index in [1.807, 2.05) is 26.0 Å². The molecule has 0 radical (unpaired) electrons. The van der Waals surface area contributed by atoms with E-state index in [2.05, 4.69) is 15.9 Å². The summed E-state index contributed by atoms with van der Waals surface area (Å²) in [5, 5.41) is 12.5. The minimum atomic E-state index is -1.98. The van der Waals surface area contributed by atoms with Crippen LogP contribution in [0.2, 0.25) is 10.0 Å². The molecule has 3 aromatic carbocycles. The van der Waals surface area contributed by atoms with Gasteiger partial charge >= 0.3 is 0 Å². The maximum atomic E-state index is 13.5. The zero-order valence-corrected chi connectivity index (χ0v) is 20.6. The summed E-state index contributed by atoms with van der Waals surface area (Å²) >= 11 is 15.7. The monoisotopic (exact) mass is 531 g/mol. The summed E-state index contributed by atoms with van der Waals surface area (Å²) in [6.07, 6.45) is -0.357. The van der Waals surface area contributed by atoms with E-state index in [0.29, 0.717) is 36.9 Å². The van der Waals surface area contributed by atoms with Crippen LogP contribution in [0.3, 0.4) is 0 Å². The first-order valence-electron chi connectivity index (χ1n) is 9.99. The molecular weight excluding hydrogens is 513 g/mol. The Hall–Kier alpha value is -2.18. The predicted molar refractivity (Wildman–Crippen MR) is 131 cm³/mol. The van der Waals surface area contributed by atoms with Crippen LogP contribution in [0.25, 0.3) is 0 Å². The fourth-order valence-electron chi connectivity index (χ4n) is 4.03. The van der Waals surface area contributed by atoms with Crippen LogP contribution in [0, 0.1) is 13.8 Å². The van der Waals surface area contributed by atoms with Gasteiger partial charge < -0.3 is 10.0 Å². The molecule has 1 amide bonds. The number of amides is 1. The van der Waals surface area contributed by atoms with Crippen LogP contribution < -0.4 is 4.90 Å². The van der Waals surface area contributed by atoms with Crippen LogP contribution in [0.5, 0.6) is 0 Å². The second-order valence-electron chi connectivity index (χ2n) is 8.07. The van der Waals surface area contributed by atoms with Crippen LogP contribution in [0.4, 0.5) is 5.69 Å². The number of anilines is 1. The lowest BCUT2D eigenvalue weighted by atomic mass is 9.87. The van der Waals surface area contributed by atoms with E-state index >= 15 is 0 Å². The van der Waals surface area contributed by atoms with Gasteiger partial charge in [-0.2, -0.15) is 0 Å². The lowest BCUT2D eigenvalue weighted by Crippen LogP contribution is -2.41. The highest BCUT2D eigenvalue weighted by Crippen LogP contribution is 2.45. The number of benzene rings is 3. The summed E-state index contributed by atoms with van der Waals surface area (Å²) in [5.74, 6) is -0.852. The molecule has 1 aliphatic heterocycles. The molecular formula is C25H20BrCl2NO3. The lowest BCUT2D eigenvalue weighted by Gasteiger charge is -2.23. The SMILES string of the molecule is Cc1ccc(C)c(C(=O)CC2(O)C(=O)N(Cc3ccc(Cl)cc3Cl)c3ccc(Br)cc32)c1. The highest BCUT2D eigenvalue weighted by atomic mass is 79.9. The summed E-state index contributed by atoms with van der Waals surface area (Å²) in [4.78, 5) is 28.2. The van der Waals surface area contributed by atoms with E-state index in [9.17, 15) is 14.7 Å². The maximum Gasteiger partial charge on any atom is 0.264 e. The van der Waals surface area contributed by atoms with Crippen molar-refractivity contribution in [1.29, 1.82) is 0 Å². The predicted octanol–water partition coefficient (Wildman–Crippen LogP) is 6.38. The van der Waals surface area contributed by atoms with E-state index in [0.717, 1.165) is 11.1 Å². The highest BCUT2D eigenvalue weighted by Gasteiger charge is 2.51. The molecule has 1 N–H and O–H groups in total. The Morgan fingerprint density at radius 3 is 2.53 bits per heavy atom. The molecule has 3 aromatic rings. The number of hydrogen-bond donors (Lipinski definition) is 1. The van der Waals surface area contributed by atoms with Crippen molar-refractivity contribution in [2.45, 2.75) is 32.4 Å². The number of hydrogen-bond acceptors (Lipinski definition) is 3. The minimum Gasteiger partial charge on any atom is -0.375 e. The normalized spacial score (nSPS) is 17.6. The molecule has 4 rings (SSSR count). The Morgan fingerprint density at radius 1 is 1.06 bits per heavy atom. The quantitative estimate of drug-likeness (QED) is 0.388. The Balaban J connectivity index is 1.74. The summed E-state index contributed by atoms with van der Waals surface area (Å²) in [6, 6.07) is 15.9. The molecule has 7 heteroatoms. The molecule has 164 valence electrons. The third-order valence-electron chi connectivity index (χ3n) is 5.75. The van der Waals surface area contributed by atoms with Gasteiger partial charge in [-0.3, -0.25) is 9.59 Å². The van der Waals surface area contributed by atoms with Crippen LogP contribution in [0.1, 0.15) is 39.0 Å². The third kappa shape index (κ3) is 4.11. The van der Waals surface area contributed by atoms with E-state index in [-0.39, 0.29) is 18.7 Å². The van der Waals surface area contributed by atoms with E-state index < -0.39 is 11.5 Å². The van der Waals surface area contributed by atoms with Crippen LogP contribution >= 0.6 is 39.1 Å². The van der Waals surface area contributed by atoms with Crippen molar-refractivity contribution in [2.75, 3.05) is 4.90 Å². The topological polar surface area (TPSA) is 57.6 Å². The first kappa shape index (κ1) is 23.0. The van der Waals surface area contributed by atoms with Gasteiger partial charge in [0.1, 0.15) is 0 Å². The first-order chi connectivity index (χ1) is 15.1. The van der Waals surface area contributed by atoms with Gasteiger partial charge in [-0.1, -0.05) is 62.9 Å². The van der Waals surface area contributed by atoms with Gasteiger partial charge in [-0.05, 0) is 61.4 Å². The van der Waals surface area contributed by atoms with Crippen molar-refractivity contribution < 1.29 is 14.7 Å². The van der Waals surface area contributed by atoms with Crippen molar-refractivity contribution in [1.82, 2.24) is 0 Å².